The molecule has 0 radical (unpaired) electrons. The molecule has 1 aromatic heterocycles. The molecule has 1 aromatic carbocycles. The number of nitrogens with zero attached hydrogens (tertiary/aromatic N) is 1. The molecule has 0 atom stereocenters. The fourth-order valence-corrected chi connectivity index (χ4v) is 3.59. The quantitative estimate of drug-likeness (QED) is 0.843. The van der Waals surface area contributed by atoms with Gasteiger partial charge in [-0.3, -0.25) is 9.59 Å². The third kappa shape index (κ3) is 4.56. The highest BCUT2D eigenvalue weighted by molar-refractivity contribution is 5.69. The Morgan fingerprint density at radius 1 is 1.12 bits per heavy atom. The Labute approximate surface area is 147 Å². The van der Waals surface area contributed by atoms with Gasteiger partial charge in [0.25, 0.3) is 5.56 Å². The van der Waals surface area contributed by atoms with Gasteiger partial charge in [-0.05, 0) is 56.1 Å². The first-order valence-corrected chi connectivity index (χ1v) is 8.97. The first-order chi connectivity index (χ1) is 12.2. The zero-order chi connectivity index (χ0) is 17.6. The summed E-state index contributed by atoms with van der Waals surface area (Å²) in [5, 5.41) is 6.52. The maximum atomic E-state index is 11.6. The van der Waals surface area contributed by atoms with Crippen molar-refractivity contribution in [1.82, 2.24) is 10.2 Å². The number of ether oxygens (including phenoxy) is 1. The van der Waals surface area contributed by atoms with Crippen LogP contribution in [0, 0.1) is 5.92 Å². The number of carbonyl (C=O) groups excluding carboxylic acids is 1. The average molecular weight is 340 g/mol. The molecule has 1 fully saturated rings. The zero-order valence-electron chi connectivity index (χ0n) is 14.5. The second kappa shape index (κ2) is 8.10. The summed E-state index contributed by atoms with van der Waals surface area (Å²) in [6.45, 7) is 2.31. The van der Waals surface area contributed by atoms with Gasteiger partial charge in [-0.15, -0.1) is 0 Å². The lowest BCUT2D eigenvalue weighted by atomic mass is 9.77. The molecule has 5 heteroatoms. The Balaban J connectivity index is 1.58. The van der Waals surface area contributed by atoms with Gasteiger partial charge in [0, 0.05) is 18.1 Å². The third-order valence-corrected chi connectivity index (χ3v) is 4.96. The number of aromatic amines is 1. The van der Waals surface area contributed by atoms with Gasteiger partial charge in [0.1, 0.15) is 0 Å². The van der Waals surface area contributed by atoms with Crippen LogP contribution in [0.5, 0.6) is 0 Å². The molecule has 132 valence electrons. The van der Waals surface area contributed by atoms with Crippen LogP contribution < -0.4 is 5.56 Å². The van der Waals surface area contributed by atoms with Gasteiger partial charge in [0.15, 0.2) is 0 Å². The normalized spacial score (nSPS) is 20.2. The molecule has 3 rings (SSSR count). The lowest BCUT2D eigenvalue weighted by Gasteiger charge is -2.28. The number of rotatable bonds is 5. The van der Waals surface area contributed by atoms with Gasteiger partial charge in [0.05, 0.1) is 12.3 Å². The van der Waals surface area contributed by atoms with Gasteiger partial charge < -0.3 is 4.74 Å². The van der Waals surface area contributed by atoms with Crippen LogP contribution in [0.1, 0.15) is 50.5 Å². The Morgan fingerprint density at radius 3 is 2.44 bits per heavy atom. The SMILES string of the molecule is CCOC(=O)CC1CCC(c2ccc(-c3ccc(=O)[nH]n3)cc2)CC1. The van der Waals surface area contributed by atoms with Crippen molar-refractivity contribution in [1.29, 1.82) is 0 Å². The summed E-state index contributed by atoms with van der Waals surface area (Å²) in [7, 11) is 0. The standard InChI is InChI=1S/C20H24N2O3/c1-2-25-20(24)13-14-3-5-15(6-4-14)16-7-9-17(10-8-16)18-11-12-19(23)22-21-18/h7-12,14-15H,2-6,13H2,1H3,(H,22,23). The summed E-state index contributed by atoms with van der Waals surface area (Å²) >= 11 is 0. The zero-order valence-corrected chi connectivity index (χ0v) is 14.5. The van der Waals surface area contributed by atoms with E-state index in [1.807, 2.05) is 6.92 Å². The van der Waals surface area contributed by atoms with Crippen LogP contribution in [0.25, 0.3) is 11.3 Å². The smallest absolute Gasteiger partial charge is 0.306 e. The van der Waals surface area contributed by atoms with E-state index >= 15 is 0 Å². The van der Waals surface area contributed by atoms with Gasteiger partial charge in [0.2, 0.25) is 0 Å². The van der Waals surface area contributed by atoms with Crippen molar-refractivity contribution in [3.05, 3.63) is 52.3 Å². The van der Waals surface area contributed by atoms with Crippen LogP contribution in [0.4, 0.5) is 0 Å². The third-order valence-electron chi connectivity index (χ3n) is 4.96. The molecule has 25 heavy (non-hydrogen) atoms. The van der Waals surface area contributed by atoms with Crippen molar-refractivity contribution in [2.45, 2.75) is 44.9 Å². The number of nitrogens with one attached hydrogen (secondary N) is 1. The Morgan fingerprint density at radius 2 is 1.84 bits per heavy atom. The van der Waals surface area contributed by atoms with E-state index in [9.17, 15) is 9.59 Å². The summed E-state index contributed by atoms with van der Waals surface area (Å²) in [4.78, 5) is 22.7. The van der Waals surface area contributed by atoms with Gasteiger partial charge in [-0.25, -0.2) is 5.10 Å². The van der Waals surface area contributed by atoms with Gasteiger partial charge >= 0.3 is 5.97 Å². The molecule has 1 saturated carbocycles. The van der Waals surface area contributed by atoms with Crippen LogP contribution in [0.15, 0.2) is 41.2 Å². The molecule has 1 N–H and O–H groups in total. The second-order valence-corrected chi connectivity index (χ2v) is 6.66. The maximum Gasteiger partial charge on any atom is 0.306 e. The highest BCUT2D eigenvalue weighted by Gasteiger charge is 2.24. The summed E-state index contributed by atoms with van der Waals surface area (Å²) in [5.74, 6) is 0.944. The summed E-state index contributed by atoms with van der Waals surface area (Å²) in [6.07, 6.45) is 4.93. The van der Waals surface area contributed by atoms with Crippen molar-refractivity contribution < 1.29 is 9.53 Å². The highest BCUT2D eigenvalue weighted by atomic mass is 16.5. The van der Waals surface area contributed by atoms with Crippen LogP contribution in [0.3, 0.4) is 0 Å². The van der Waals surface area contributed by atoms with E-state index in [1.54, 1.807) is 6.07 Å². The number of aromatic nitrogens is 2. The lowest BCUT2D eigenvalue weighted by Crippen LogP contribution is -2.17. The predicted octanol–water partition coefficient (Wildman–Crippen LogP) is 3.66. The van der Waals surface area contributed by atoms with Crippen LogP contribution >= 0.6 is 0 Å². The van der Waals surface area contributed by atoms with Crippen molar-refractivity contribution in [2.24, 2.45) is 5.92 Å². The van der Waals surface area contributed by atoms with E-state index in [4.69, 9.17) is 4.74 Å². The minimum Gasteiger partial charge on any atom is -0.466 e. The molecule has 0 bridgehead atoms. The summed E-state index contributed by atoms with van der Waals surface area (Å²) in [5.41, 5.74) is 2.91. The molecule has 0 amide bonds. The van der Waals surface area contributed by atoms with E-state index in [0.29, 0.717) is 24.9 Å². The molecule has 1 aliphatic rings. The molecule has 5 nitrogen and oxygen atoms in total. The maximum absolute atomic E-state index is 11.6. The van der Waals surface area contributed by atoms with E-state index in [0.717, 1.165) is 36.9 Å². The number of esters is 1. The van der Waals surface area contributed by atoms with E-state index in [-0.39, 0.29) is 11.5 Å². The first kappa shape index (κ1) is 17.4. The number of benzene rings is 1. The highest BCUT2D eigenvalue weighted by Crippen LogP contribution is 2.37. The molecule has 1 heterocycles. The molecule has 2 aromatic rings. The number of H-pyrrole nitrogens is 1. The van der Waals surface area contributed by atoms with Crippen molar-refractivity contribution in [2.75, 3.05) is 6.61 Å². The summed E-state index contributed by atoms with van der Waals surface area (Å²) in [6, 6.07) is 11.6. The van der Waals surface area contributed by atoms with Gasteiger partial charge in [-0.2, -0.15) is 5.10 Å². The fourth-order valence-electron chi connectivity index (χ4n) is 3.59. The minimum absolute atomic E-state index is 0.0660. The molecule has 0 saturated heterocycles. The topological polar surface area (TPSA) is 72.1 Å². The Bertz CT molecular complexity index is 739. The predicted molar refractivity (Wildman–Crippen MR) is 96.2 cm³/mol. The van der Waals surface area contributed by atoms with E-state index < -0.39 is 0 Å². The Hall–Kier alpha value is -2.43. The number of carbonyl (C=O) groups is 1. The molecule has 0 unspecified atom stereocenters. The Kier molecular flexibility index (Phi) is 5.64. The molecular weight excluding hydrogens is 316 g/mol. The van der Waals surface area contributed by atoms with Crippen LogP contribution in [0.2, 0.25) is 0 Å². The minimum atomic E-state index is -0.194. The molecule has 0 spiro atoms. The monoisotopic (exact) mass is 340 g/mol. The lowest BCUT2D eigenvalue weighted by molar-refractivity contribution is -0.144. The second-order valence-electron chi connectivity index (χ2n) is 6.66. The van der Waals surface area contributed by atoms with Crippen LogP contribution in [-0.2, 0) is 9.53 Å². The molecular formula is C20H24N2O3. The summed E-state index contributed by atoms with van der Waals surface area (Å²) < 4.78 is 5.05. The van der Waals surface area contributed by atoms with E-state index in [1.165, 1.54) is 11.6 Å². The van der Waals surface area contributed by atoms with Crippen LogP contribution in [-0.4, -0.2) is 22.8 Å². The average Bonchev–Trinajstić information content (AvgIpc) is 2.63. The van der Waals surface area contributed by atoms with Crippen molar-refractivity contribution in [3.63, 3.8) is 0 Å². The first-order valence-electron chi connectivity index (χ1n) is 8.97. The number of hydrogen-bond acceptors (Lipinski definition) is 4. The van der Waals surface area contributed by atoms with Crippen molar-refractivity contribution in [3.8, 4) is 11.3 Å². The molecule has 1 aliphatic carbocycles. The van der Waals surface area contributed by atoms with Crippen molar-refractivity contribution >= 4 is 5.97 Å². The largest absolute Gasteiger partial charge is 0.466 e. The molecule has 0 aliphatic heterocycles. The fraction of sp³-hybridized carbons (Fsp3) is 0.450. The number of hydrogen-bond donors (Lipinski definition) is 1. The van der Waals surface area contributed by atoms with E-state index in [2.05, 4.69) is 34.5 Å². The van der Waals surface area contributed by atoms with Gasteiger partial charge in [-0.1, -0.05) is 24.3 Å².